The topological polar surface area (TPSA) is 88.2 Å². The van der Waals surface area contributed by atoms with Crippen molar-refractivity contribution in [3.63, 3.8) is 0 Å². The lowest BCUT2D eigenvalue weighted by molar-refractivity contribution is -0.118. The van der Waals surface area contributed by atoms with Gasteiger partial charge in [0.25, 0.3) is 11.8 Å². The first-order chi connectivity index (χ1) is 13.8. The minimum absolute atomic E-state index is 0.216. The number of amides is 4. The first-order valence-corrected chi connectivity index (χ1v) is 8.97. The maximum atomic E-state index is 13.2. The first kappa shape index (κ1) is 20.2. The number of carbonyl (C=O) groups is 3. The Kier molecular flexibility index (Phi) is 5.45. The second-order valence-corrected chi connectivity index (χ2v) is 6.86. The summed E-state index contributed by atoms with van der Waals surface area (Å²) >= 11 is 0. The molecule has 29 heavy (non-hydrogen) atoms. The van der Waals surface area contributed by atoms with Gasteiger partial charge in [-0.2, -0.15) is 0 Å². The molecule has 0 radical (unpaired) electrons. The average molecular weight is 397 g/mol. The number of carbonyl (C=O) groups excluding carboxylic acids is 3. The summed E-state index contributed by atoms with van der Waals surface area (Å²) in [5.41, 5.74) is 1.98. The van der Waals surface area contributed by atoms with Gasteiger partial charge in [0.05, 0.1) is 19.9 Å². The molecule has 0 bridgehead atoms. The molecule has 1 unspecified atom stereocenters. The lowest BCUT2D eigenvalue weighted by Crippen LogP contribution is -2.32. The molecule has 1 saturated heterocycles. The van der Waals surface area contributed by atoms with Crippen molar-refractivity contribution >= 4 is 23.5 Å². The van der Waals surface area contributed by atoms with E-state index in [0.29, 0.717) is 33.9 Å². The second kappa shape index (κ2) is 7.83. The van der Waals surface area contributed by atoms with Gasteiger partial charge in [0, 0.05) is 31.3 Å². The Morgan fingerprint density at radius 3 is 2.41 bits per heavy atom. The van der Waals surface area contributed by atoms with E-state index in [1.807, 2.05) is 0 Å². The average Bonchev–Trinajstić information content (AvgIpc) is 3.01. The third-order valence-electron chi connectivity index (χ3n) is 4.79. The molecule has 0 aliphatic carbocycles. The number of hydrogen-bond acceptors (Lipinski definition) is 5. The van der Waals surface area contributed by atoms with Gasteiger partial charge in [-0.25, -0.2) is 9.69 Å². The highest BCUT2D eigenvalue weighted by Crippen LogP contribution is 2.35. The Morgan fingerprint density at radius 2 is 1.79 bits per heavy atom. The van der Waals surface area contributed by atoms with Crippen LogP contribution in [0.2, 0.25) is 0 Å². The quantitative estimate of drug-likeness (QED) is 0.784. The third-order valence-corrected chi connectivity index (χ3v) is 4.79. The first-order valence-electron chi connectivity index (χ1n) is 8.97. The molecule has 2 aromatic rings. The SMILES string of the molecule is COc1ccc(C2NC(=O)N(c3cc(C(=O)N(C)C)ccc3C)C2=O)c(OC)c1. The highest BCUT2D eigenvalue weighted by molar-refractivity contribution is 6.22. The summed E-state index contributed by atoms with van der Waals surface area (Å²) in [6, 6.07) is 8.51. The van der Waals surface area contributed by atoms with Gasteiger partial charge in [-0.05, 0) is 36.8 Å². The van der Waals surface area contributed by atoms with Gasteiger partial charge in [0.1, 0.15) is 17.5 Å². The minimum Gasteiger partial charge on any atom is -0.497 e. The second-order valence-electron chi connectivity index (χ2n) is 6.86. The Morgan fingerprint density at radius 1 is 1.07 bits per heavy atom. The van der Waals surface area contributed by atoms with Crippen LogP contribution in [-0.4, -0.2) is 51.1 Å². The fourth-order valence-corrected chi connectivity index (χ4v) is 3.22. The Balaban J connectivity index is 2.00. The lowest BCUT2D eigenvalue weighted by atomic mass is 10.0. The Bertz CT molecular complexity index is 986. The zero-order valence-corrected chi connectivity index (χ0v) is 17.0. The van der Waals surface area contributed by atoms with Crippen LogP contribution in [0.4, 0.5) is 10.5 Å². The number of aryl methyl sites for hydroxylation is 1. The molecule has 1 N–H and O–H groups in total. The summed E-state index contributed by atoms with van der Waals surface area (Å²) in [5, 5.41) is 2.70. The minimum atomic E-state index is -0.907. The number of urea groups is 1. The molecule has 8 nitrogen and oxygen atoms in total. The molecule has 1 fully saturated rings. The van der Waals surface area contributed by atoms with Crippen LogP contribution < -0.4 is 19.7 Å². The van der Waals surface area contributed by atoms with Crippen molar-refractivity contribution in [2.24, 2.45) is 0 Å². The normalized spacial score (nSPS) is 15.9. The van der Waals surface area contributed by atoms with Gasteiger partial charge in [-0.15, -0.1) is 0 Å². The summed E-state index contributed by atoms with van der Waals surface area (Å²) in [6.07, 6.45) is 0. The largest absolute Gasteiger partial charge is 0.497 e. The Hall–Kier alpha value is -3.55. The molecule has 1 heterocycles. The standard InChI is InChI=1S/C21H23N3O5/c1-12-6-7-13(19(25)23(2)3)10-16(12)24-20(26)18(22-21(24)27)15-9-8-14(28-4)11-17(15)29-5/h6-11,18H,1-5H3,(H,22,27). The highest BCUT2D eigenvalue weighted by atomic mass is 16.5. The summed E-state index contributed by atoms with van der Waals surface area (Å²) < 4.78 is 10.6. The monoisotopic (exact) mass is 397 g/mol. The van der Waals surface area contributed by atoms with Gasteiger partial charge in [-0.1, -0.05) is 6.07 Å². The Labute approximate surface area is 169 Å². The van der Waals surface area contributed by atoms with Gasteiger partial charge in [-0.3, -0.25) is 9.59 Å². The van der Waals surface area contributed by atoms with E-state index in [4.69, 9.17) is 9.47 Å². The number of nitrogens with zero attached hydrogens (tertiary/aromatic N) is 2. The van der Waals surface area contributed by atoms with Crippen LogP contribution in [0, 0.1) is 6.92 Å². The van der Waals surface area contributed by atoms with Crippen molar-refractivity contribution in [3.8, 4) is 11.5 Å². The van der Waals surface area contributed by atoms with Gasteiger partial charge in [0.15, 0.2) is 0 Å². The van der Waals surface area contributed by atoms with Crippen LogP contribution in [0.3, 0.4) is 0 Å². The summed E-state index contributed by atoms with van der Waals surface area (Å²) in [5.74, 6) is 0.339. The van der Waals surface area contributed by atoms with Crippen LogP contribution in [0.25, 0.3) is 0 Å². The van der Waals surface area contributed by atoms with E-state index in [9.17, 15) is 14.4 Å². The van der Waals surface area contributed by atoms with Gasteiger partial charge < -0.3 is 19.7 Å². The van der Waals surface area contributed by atoms with E-state index >= 15 is 0 Å². The lowest BCUT2D eigenvalue weighted by Gasteiger charge is -2.18. The number of imide groups is 1. The molecule has 1 aliphatic rings. The maximum absolute atomic E-state index is 13.2. The van der Waals surface area contributed by atoms with Crippen LogP contribution in [0.5, 0.6) is 11.5 Å². The van der Waals surface area contributed by atoms with E-state index in [2.05, 4.69) is 5.32 Å². The predicted octanol–water partition coefficient (Wildman–Crippen LogP) is 2.51. The number of benzene rings is 2. The van der Waals surface area contributed by atoms with E-state index in [1.54, 1.807) is 57.4 Å². The molecule has 0 saturated carbocycles. The molecule has 2 aromatic carbocycles. The van der Waals surface area contributed by atoms with Gasteiger partial charge >= 0.3 is 6.03 Å². The van der Waals surface area contributed by atoms with Crippen molar-refractivity contribution in [1.29, 1.82) is 0 Å². The molecule has 0 spiro atoms. The predicted molar refractivity (Wildman–Crippen MR) is 108 cm³/mol. The van der Waals surface area contributed by atoms with E-state index in [0.717, 1.165) is 4.90 Å². The molecule has 1 atom stereocenters. The van der Waals surface area contributed by atoms with Crippen LogP contribution >= 0.6 is 0 Å². The molecule has 0 aromatic heterocycles. The third kappa shape index (κ3) is 3.61. The highest BCUT2D eigenvalue weighted by Gasteiger charge is 2.42. The van der Waals surface area contributed by atoms with E-state index < -0.39 is 18.0 Å². The number of hydrogen-bond donors (Lipinski definition) is 1. The fourth-order valence-electron chi connectivity index (χ4n) is 3.22. The number of ether oxygens (including phenoxy) is 2. The molecule has 8 heteroatoms. The molecular weight excluding hydrogens is 374 g/mol. The summed E-state index contributed by atoms with van der Waals surface area (Å²) in [4.78, 5) is 40.7. The van der Waals surface area contributed by atoms with Gasteiger partial charge in [0.2, 0.25) is 0 Å². The number of nitrogens with one attached hydrogen (secondary N) is 1. The molecular formula is C21H23N3O5. The van der Waals surface area contributed by atoms with Crippen molar-refractivity contribution in [3.05, 3.63) is 53.1 Å². The number of methoxy groups -OCH3 is 2. The van der Waals surface area contributed by atoms with Crippen LogP contribution in [0.1, 0.15) is 27.5 Å². The summed E-state index contributed by atoms with van der Waals surface area (Å²) in [7, 11) is 6.30. The van der Waals surface area contributed by atoms with Crippen molar-refractivity contribution < 1.29 is 23.9 Å². The molecule has 4 amide bonds. The molecule has 152 valence electrons. The molecule has 1 aliphatic heterocycles. The van der Waals surface area contributed by atoms with Crippen molar-refractivity contribution in [1.82, 2.24) is 10.2 Å². The van der Waals surface area contributed by atoms with E-state index in [1.165, 1.54) is 19.1 Å². The van der Waals surface area contributed by atoms with Crippen LogP contribution in [0.15, 0.2) is 36.4 Å². The number of anilines is 1. The maximum Gasteiger partial charge on any atom is 0.329 e. The smallest absolute Gasteiger partial charge is 0.329 e. The number of rotatable bonds is 5. The zero-order valence-electron chi connectivity index (χ0n) is 17.0. The fraction of sp³-hybridized carbons (Fsp3) is 0.286. The zero-order chi connectivity index (χ0) is 21.3. The van der Waals surface area contributed by atoms with Crippen LogP contribution in [-0.2, 0) is 4.79 Å². The van der Waals surface area contributed by atoms with Crippen molar-refractivity contribution in [2.75, 3.05) is 33.2 Å². The van der Waals surface area contributed by atoms with E-state index in [-0.39, 0.29) is 5.91 Å². The van der Waals surface area contributed by atoms with Crippen molar-refractivity contribution in [2.45, 2.75) is 13.0 Å². The molecule has 3 rings (SSSR count). The summed E-state index contributed by atoms with van der Waals surface area (Å²) in [6.45, 7) is 1.78.